The lowest BCUT2D eigenvalue weighted by Gasteiger charge is -2.26. The molecule has 0 N–H and O–H groups in total. The van der Waals surface area contributed by atoms with Crippen molar-refractivity contribution in [2.45, 2.75) is 0 Å². The molecule has 11 aromatic carbocycles. The number of furan rings is 3. The molecule has 0 radical (unpaired) electrons. The molecule has 3 aromatic heterocycles. The number of hydrogen-bond donors (Lipinski definition) is 0. The van der Waals surface area contributed by atoms with Crippen LogP contribution in [-0.2, 0) is 0 Å². The van der Waals surface area contributed by atoms with Crippen molar-refractivity contribution in [3.8, 4) is 55.6 Å². The molecule has 14 rings (SSSR count). The van der Waals surface area contributed by atoms with Crippen molar-refractivity contribution < 1.29 is 13.3 Å². The Bertz CT molecular complexity index is 4090. The Morgan fingerprint density at radius 1 is 0.186 bits per heavy atom. The van der Waals surface area contributed by atoms with E-state index in [4.69, 9.17) is 13.3 Å². The van der Waals surface area contributed by atoms with Crippen molar-refractivity contribution in [2.24, 2.45) is 0 Å². The van der Waals surface area contributed by atoms with Crippen LogP contribution in [-0.4, -0.2) is 0 Å². The summed E-state index contributed by atoms with van der Waals surface area (Å²) >= 11 is 0. The Morgan fingerprint density at radius 3 is 0.843 bits per heavy atom. The first-order valence-electron chi connectivity index (χ1n) is 23.7. The molecule has 0 saturated carbocycles. The van der Waals surface area contributed by atoms with Gasteiger partial charge >= 0.3 is 0 Å². The molecular formula is C66H41NO3. The monoisotopic (exact) mass is 895 g/mol. The molecule has 4 heteroatoms. The summed E-state index contributed by atoms with van der Waals surface area (Å²) < 4.78 is 18.6. The van der Waals surface area contributed by atoms with Gasteiger partial charge in [0.05, 0.1) is 0 Å². The van der Waals surface area contributed by atoms with E-state index in [1.165, 1.54) is 22.3 Å². The van der Waals surface area contributed by atoms with Gasteiger partial charge in [0.1, 0.15) is 33.5 Å². The van der Waals surface area contributed by atoms with Gasteiger partial charge in [-0.15, -0.1) is 0 Å². The standard InChI is InChI=1S/C66H41NO3/c1-4-10-61-55(7-1)58-36-27-50(40-65(58)69-61)47-23-32-53(33-24-47)67(54-34-25-48(26-35-54)51-28-37-59-56-8-2-5-11-62(56)70-66(59)41-51)52-30-21-45(22-31-52)44-15-13-42(14-16-44)43-17-19-46(20-18-43)49-29-38-64-60(39-49)57-9-3-6-12-63(57)68-64/h1-41H. The Kier molecular flexibility index (Phi) is 9.17. The molecule has 0 aliphatic rings. The molecule has 0 fully saturated rings. The minimum absolute atomic E-state index is 0.891. The van der Waals surface area contributed by atoms with Crippen LogP contribution in [0.4, 0.5) is 17.1 Å². The maximum absolute atomic E-state index is 6.26. The number of hydrogen-bond acceptors (Lipinski definition) is 4. The summed E-state index contributed by atoms with van der Waals surface area (Å²) in [7, 11) is 0. The van der Waals surface area contributed by atoms with Crippen molar-refractivity contribution in [1.82, 2.24) is 0 Å². The molecule has 0 amide bonds. The van der Waals surface area contributed by atoms with Crippen molar-refractivity contribution in [3.63, 3.8) is 0 Å². The van der Waals surface area contributed by atoms with Gasteiger partial charge in [0.2, 0.25) is 0 Å². The second-order valence-corrected chi connectivity index (χ2v) is 18.1. The fourth-order valence-corrected chi connectivity index (χ4v) is 10.3. The minimum atomic E-state index is 0.891. The van der Waals surface area contributed by atoms with Crippen molar-refractivity contribution >= 4 is 82.9 Å². The first kappa shape index (κ1) is 39.8. The van der Waals surface area contributed by atoms with E-state index in [1.54, 1.807) is 0 Å². The lowest BCUT2D eigenvalue weighted by Crippen LogP contribution is -2.09. The third-order valence-electron chi connectivity index (χ3n) is 13.9. The smallest absolute Gasteiger partial charge is 0.136 e. The van der Waals surface area contributed by atoms with Crippen molar-refractivity contribution in [1.29, 1.82) is 0 Å². The molecule has 4 nitrogen and oxygen atoms in total. The number of benzene rings is 11. The molecule has 0 spiro atoms. The zero-order valence-corrected chi connectivity index (χ0v) is 37.8. The molecule has 328 valence electrons. The number of nitrogens with zero attached hydrogens (tertiary/aromatic N) is 1. The van der Waals surface area contributed by atoms with E-state index in [0.717, 1.165) is 116 Å². The van der Waals surface area contributed by atoms with Crippen LogP contribution in [0.5, 0.6) is 0 Å². The topological polar surface area (TPSA) is 42.7 Å². The summed E-state index contributed by atoms with van der Waals surface area (Å²) in [6, 6.07) is 88.4. The summed E-state index contributed by atoms with van der Waals surface area (Å²) in [6.07, 6.45) is 0. The molecule has 0 saturated heterocycles. The maximum atomic E-state index is 6.26. The highest BCUT2D eigenvalue weighted by atomic mass is 16.3. The van der Waals surface area contributed by atoms with Gasteiger partial charge in [0, 0.05) is 49.4 Å². The van der Waals surface area contributed by atoms with Gasteiger partial charge in [0.25, 0.3) is 0 Å². The summed E-state index contributed by atoms with van der Waals surface area (Å²) in [4.78, 5) is 2.32. The number of rotatable bonds is 8. The second kappa shape index (κ2) is 16.2. The molecule has 0 bridgehead atoms. The highest BCUT2D eigenvalue weighted by Gasteiger charge is 2.16. The fourth-order valence-electron chi connectivity index (χ4n) is 10.3. The van der Waals surface area contributed by atoms with Crippen LogP contribution >= 0.6 is 0 Å². The van der Waals surface area contributed by atoms with Crippen LogP contribution in [0.2, 0.25) is 0 Å². The van der Waals surface area contributed by atoms with Crippen LogP contribution in [0.3, 0.4) is 0 Å². The third kappa shape index (κ3) is 6.85. The van der Waals surface area contributed by atoms with Crippen LogP contribution in [0.1, 0.15) is 0 Å². The highest BCUT2D eigenvalue weighted by molar-refractivity contribution is 6.08. The first-order chi connectivity index (χ1) is 34.6. The molecular weight excluding hydrogens is 855 g/mol. The van der Waals surface area contributed by atoms with E-state index >= 15 is 0 Å². The summed E-state index contributed by atoms with van der Waals surface area (Å²) in [5.41, 5.74) is 20.1. The Morgan fingerprint density at radius 2 is 0.443 bits per heavy atom. The molecule has 3 heterocycles. The Labute approximate surface area is 403 Å². The van der Waals surface area contributed by atoms with Gasteiger partial charge in [-0.3, -0.25) is 0 Å². The van der Waals surface area contributed by atoms with Gasteiger partial charge < -0.3 is 18.2 Å². The number of fused-ring (bicyclic) bond motifs is 9. The van der Waals surface area contributed by atoms with Gasteiger partial charge in [-0.2, -0.15) is 0 Å². The van der Waals surface area contributed by atoms with Crippen LogP contribution in [0.15, 0.2) is 262 Å². The van der Waals surface area contributed by atoms with Crippen LogP contribution < -0.4 is 4.90 Å². The quantitative estimate of drug-likeness (QED) is 0.152. The number of anilines is 3. The summed E-state index contributed by atoms with van der Waals surface area (Å²) in [5.74, 6) is 0. The predicted octanol–water partition coefficient (Wildman–Crippen LogP) is 19.2. The SMILES string of the molecule is c1ccc2c(c1)oc1cc(-c3ccc(N(c4ccc(-c5ccc(-c6ccc(-c7ccc8oc9ccccc9c8c7)cc6)cc5)cc4)c4ccc(-c5ccc6c(c5)oc5ccccc56)cc4)cc3)ccc12. The highest BCUT2D eigenvalue weighted by Crippen LogP contribution is 2.40. The Balaban J connectivity index is 0.756. The molecule has 0 aliphatic heterocycles. The zero-order valence-electron chi connectivity index (χ0n) is 37.8. The van der Waals surface area contributed by atoms with E-state index < -0.39 is 0 Å². The lowest BCUT2D eigenvalue weighted by molar-refractivity contribution is 0.668. The molecule has 14 aromatic rings. The van der Waals surface area contributed by atoms with Gasteiger partial charge in [-0.25, -0.2) is 0 Å². The van der Waals surface area contributed by atoms with Crippen molar-refractivity contribution in [3.05, 3.63) is 249 Å². The van der Waals surface area contributed by atoms with E-state index in [1.807, 2.05) is 36.4 Å². The summed E-state index contributed by atoms with van der Waals surface area (Å²) in [5, 5.41) is 6.81. The number of para-hydroxylation sites is 3. The van der Waals surface area contributed by atoms with Gasteiger partial charge in [-0.1, -0.05) is 158 Å². The van der Waals surface area contributed by atoms with Crippen LogP contribution in [0, 0.1) is 0 Å². The first-order valence-corrected chi connectivity index (χ1v) is 23.7. The summed E-state index contributed by atoms with van der Waals surface area (Å²) in [6.45, 7) is 0. The average molecular weight is 896 g/mol. The maximum Gasteiger partial charge on any atom is 0.136 e. The molecule has 0 unspecified atom stereocenters. The largest absolute Gasteiger partial charge is 0.456 e. The van der Waals surface area contributed by atoms with E-state index in [2.05, 4.69) is 217 Å². The van der Waals surface area contributed by atoms with Gasteiger partial charge in [-0.05, 0) is 147 Å². The third-order valence-corrected chi connectivity index (χ3v) is 13.9. The van der Waals surface area contributed by atoms with E-state index in [9.17, 15) is 0 Å². The predicted molar refractivity (Wildman–Crippen MR) is 290 cm³/mol. The van der Waals surface area contributed by atoms with Crippen LogP contribution in [0.25, 0.3) is 121 Å². The van der Waals surface area contributed by atoms with Gasteiger partial charge in [0.15, 0.2) is 0 Å². The fraction of sp³-hybridized carbons (Fsp3) is 0. The second-order valence-electron chi connectivity index (χ2n) is 18.1. The minimum Gasteiger partial charge on any atom is -0.456 e. The molecule has 70 heavy (non-hydrogen) atoms. The average Bonchev–Trinajstić information content (AvgIpc) is 4.12. The van der Waals surface area contributed by atoms with Crippen molar-refractivity contribution in [2.75, 3.05) is 4.90 Å². The normalized spacial score (nSPS) is 11.7. The molecule has 0 atom stereocenters. The van der Waals surface area contributed by atoms with E-state index in [-0.39, 0.29) is 0 Å². The van der Waals surface area contributed by atoms with E-state index in [0.29, 0.717) is 0 Å². The Hall–Kier alpha value is -9.38. The lowest BCUT2D eigenvalue weighted by atomic mass is 9.97. The zero-order chi connectivity index (χ0) is 46.1. The molecule has 0 aliphatic carbocycles.